The molecule has 5 rings (SSSR count). The molecule has 2 aromatic rings. The van der Waals surface area contributed by atoms with Crippen molar-refractivity contribution in [3.8, 4) is 5.75 Å². The molecule has 1 saturated heterocycles. The van der Waals surface area contributed by atoms with Crippen LogP contribution >= 0.6 is 0 Å². The standard InChI is InChI=1S/C30H43N5O3/c1-20-6-8-22(9-7-20)29(37)35-16-14-21(15-17-35)27-19-31-30(33-24-4-3-5-26(18-24)38-2)34-28(27)32-23-10-12-25(36)13-11-23/h3-5,18-23,25,36H,6-17H2,1-2H3,(H2,31,32,33,34)/t20?,22?,23-,25-. The second kappa shape index (κ2) is 12.3. The molecule has 1 aromatic heterocycles. The van der Waals surface area contributed by atoms with Crippen LogP contribution in [0.4, 0.5) is 17.5 Å². The highest BCUT2D eigenvalue weighted by Gasteiger charge is 2.32. The van der Waals surface area contributed by atoms with Crippen molar-refractivity contribution in [1.82, 2.24) is 14.9 Å². The van der Waals surface area contributed by atoms with Crippen molar-refractivity contribution in [2.75, 3.05) is 30.8 Å². The number of benzene rings is 1. The van der Waals surface area contributed by atoms with Crippen LogP contribution < -0.4 is 15.4 Å². The number of hydrogen-bond donors (Lipinski definition) is 3. The molecule has 3 aliphatic rings. The van der Waals surface area contributed by atoms with Crippen molar-refractivity contribution in [2.24, 2.45) is 11.8 Å². The Morgan fingerprint density at radius 2 is 1.76 bits per heavy atom. The smallest absolute Gasteiger partial charge is 0.229 e. The number of hydrogen-bond acceptors (Lipinski definition) is 7. The number of piperidine rings is 1. The van der Waals surface area contributed by atoms with E-state index in [-0.39, 0.29) is 18.1 Å². The normalized spacial score (nSPS) is 26.6. The molecule has 8 heteroatoms. The molecule has 3 N–H and O–H groups in total. The lowest BCUT2D eigenvalue weighted by Crippen LogP contribution is -2.42. The SMILES string of the molecule is COc1cccc(Nc2ncc(C3CCN(C(=O)C4CCC(C)CC4)CC3)c(N[C@H]3CC[C@H](O)CC3)n2)c1. The molecule has 3 fully saturated rings. The molecule has 206 valence electrons. The third kappa shape index (κ3) is 6.57. The van der Waals surface area contributed by atoms with Gasteiger partial charge in [0.2, 0.25) is 11.9 Å². The van der Waals surface area contributed by atoms with Gasteiger partial charge in [-0.3, -0.25) is 4.79 Å². The average molecular weight is 522 g/mol. The number of carbonyl (C=O) groups excluding carboxylic acids is 1. The maximum absolute atomic E-state index is 13.2. The number of methoxy groups -OCH3 is 1. The van der Waals surface area contributed by atoms with Gasteiger partial charge < -0.3 is 25.4 Å². The molecule has 2 aliphatic carbocycles. The minimum absolute atomic E-state index is 0.197. The fourth-order valence-corrected chi connectivity index (χ4v) is 6.29. The number of aromatic nitrogens is 2. The number of carbonyl (C=O) groups is 1. The fraction of sp³-hybridized carbons (Fsp3) is 0.633. The quantitative estimate of drug-likeness (QED) is 0.444. The number of anilines is 3. The number of likely N-dealkylation sites (tertiary alicyclic amines) is 1. The molecule has 1 aromatic carbocycles. The van der Waals surface area contributed by atoms with Gasteiger partial charge in [-0.25, -0.2) is 4.98 Å². The van der Waals surface area contributed by atoms with Gasteiger partial charge in [0.05, 0.1) is 13.2 Å². The Balaban J connectivity index is 1.29. The Bertz CT molecular complexity index is 1070. The lowest BCUT2D eigenvalue weighted by atomic mass is 9.81. The van der Waals surface area contributed by atoms with Crippen LogP contribution in [0.15, 0.2) is 30.5 Å². The summed E-state index contributed by atoms with van der Waals surface area (Å²) >= 11 is 0. The molecule has 0 unspecified atom stereocenters. The van der Waals surface area contributed by atoms with Crippen LogP contribution in [-0.2, 0) is 4.79 Å². The van der Waals surface area contributed by atoms with E-state index in [1.165, 1.54) is 12.8 Å². The van der Waals surface area contributed by atoms with E-state index in [1.807, 2.05) is 30.5 Å². The highest BCUT2D eigenvalue weighted by Crippen LogP contribution is 2.36. The minimum atomic E-state index is -0.197. The summed E-state index contributed by atoms with van der Waals surface area (Å²) in [5.41, 5.74) is 2.00. The summed E-state index contributed by atoms with van der Waals surface area (Å²) in [6.45, 7) is 3.90. The summed E-state index contributed by atoms with van der Waals surface area (Å²) in [5.74, 6) is 3.83. The largest absolute Gasteiger partial charge is 0.497 e. The van der Waals surface area contributed by atoms with E-state index < -0.39 is 0 Å². The van der Waals surface area contributed by atoms with Gasteiger partial charge in [-0.15, -0.1) is 0 Å². The summed E-state index contributed by atoms with van der Waals surface area (Å²) in [7, 11) is 1.65. The summed E-state index contributed by atoms with van der Waals surface area (Å²) < 4.78 is 5.35. The number of nitrogens with one attached hydrogen (secondary N) is 2. The molecule has 2 saturated carbocycles. The van der Waals surface area contributed by atoms with Crippen molar-refractivity contribution >= 4 is 23.4 Å². The van der Waals surface area contributed by atoms with Crippen molar-refractivity contribution in [1.29, 1.82) is 0 Å². The molecule has 0 atom stereocenters. The van der Waals surface area contributed by atoms with Gasteiger partial charge in [0, 0.05) is 48.6 Å². The van der Waals surface area contributed by atoms with Crippen LogP contribution in [0.5, 0.6) is 5.75 Å². The van der Waals surface area contributed by atoms with Gasteiger partial charge in [0.25, 0.3) is 0 Å². The molecule has 8 nitrogen and oxygen atoms in total. The monoisotopic (exact) mass is 521 g/mol. The van der Waals surface area contributed by atoms with Crippen molar-refractivity contribution < 1.29 is 14.6 Å². The van der Waals surface area contributed by atoms with E-state index in [1.54, 1.807) is 7.11 Å². The Labute approximate surface area is 226 Å². The van der Waals surface area contributed by atoms with Crippen molar-refractivity contribution in [3.63, 3.8) is 0 Å². The Morgan fingerprint density at radius 3 is 2.47 bits per heavy atom. The lowest BCUT2D eigenvalue weighted by Gasteiger charge is -2.36. The van der Waals surface area contributed by atoms with E-state index >= 15 is 0 Å². The molecule has 0 radical (unpaired) electrons. The Hall–Kier alpha value is -2.87. The van der Waals surface area contributed by atoms with E-state index in [2.05, 4.69) is 27.4 Å². The summed E-state index contributed by atoms with van der Waals surface area (Å²) in [4.78, 5) is 24.9. The van der Waals surface area contributed by atoms with Gasteiger partial charge in [-0.2, -0.15) is 4.98 Å². The van der Waals surface area contributed by atoms with E-state index in [4.69, 9.17) is 9.72 Å². The summed E-state index contributed by atoms with van der Waals surface area (Å²) in [6, 6.07) is 8.02. The number of amides is 1. The first-order valence-corrected chi connectivity index (χ1v) is 14.5. The number of ether oxygens (including phenoxy) is 1. The van der Waals surface area contributed by atoms with Crippen LogP contribution in [0.1, 0.15) is 82.6 Å². The zero-order valence-corrected chi connectivity index (χ0v) is 22.9. The minimum Gasteiger partial charge on any atom is -0.497 e. The zero-order valence-electron chi connectivity index (χ0n) is 22.9. The van der Waals surface area contributed by atoms with Gasteiger partial charge in [-0.05, 0) is 88.2 Å². The van der Waals surface area contributed by atoms with Crippen LogP contribution in [0.25, 0.3) is 0 Å². The first-order valence-electron chi connectivity index (χ1n) is 14.5. The second-order valence-corrected chi connectivity index (χ2v) is 11.6. The van der Waals surface area contributed by atoms with Crippen molar-refractivity contribution in [3.05, 3.63) is 36.0 Å². The molecule has 1 amide bonds. The topological polar surface area (TPSA) is 99.6 Å². The molecule has 0 bridgehead atoms. The average Bonchev–Trinajstić information content (AvgIpc) is 2.95. The van der Waals surface area contributed by atoms with Crippen LogP contribution in [-0.4, -0.2) is 58.2 Å². The highest BCUT2D eigenvalue weighted by atomic mass is 16.5. The van der Waals surface area contributed by atoms with Gasteiger partial charge in [-0.1, -0.05) is 13.0 Å². The zero-order chi connectivity index (χ0) is 26.5. The van der Waals surface area contributed by atoms with E-state index in [0.717, 1.165) is 93.2 Å². The first kappa shape index (κ1) is 26.7. The third-order valence-electron chi connectivity index (χ3n) is 8.79. The third-order valence-corrected chi connectivity index (χ3v) is 8.79. The van der Waals surface area contributed by atoms with Crippen LogP contribution in [0.2, 0.25) is 0 Å². The molecular formula is C30H43N5O3. The predicted octanol–water partition coefficient (Wildman–Crippen LogP) is 5.48. The molecule has 38 heavy (non-hydrogen) atoms. The second-order valence-electron chi connectivity index (χ2n) is 11.6. The summed E-state index contributed by atoms with van der Waals surface area (Å²) in [5, 5.41) is 17.0. The highest BCUT2D eigenvalue weighted by molar-refractivity contribution is 5.79. The lowest BCUT2D eigenvalue weighted by molar-refractivity contribution is -0.137. The fourth-order valence-electron chi connectivity index (χ4n) is 6.29. The maximum Gasteiger partial charge on any atom is 0.229 e. The van der Waals surface area contributed by atoms with E-state index in [9.17, 15) is 9.90 Å². The molecular weight excluding hydrogens is 478 g/mol. The Morgan fingerprint density at radius 1 is 1.03 bits per heavy atom. The molecule has 1 aliphatic heterocycles. The van der Waals surface area contributed by atoms with Gasteiger partial charge in [0.1, 0.15) is 11.6 Å². The first-order chi connectivity index (χ1) is 18.5. The van der Waals surface area contributed by atoms with Crippen molar-refractivity contribution in [2.45, 2.75) is 89.2 Å². The molecule has 2 heterocycles. The maximum atomic E-state index is 13.2. The number of aliphatic hydroxyl groups excluding tert-OH is 1. The van der Waals surface area contributed by atoms with Gasteiger partial charge in [0.15, 0.2) is 0 Å². The van der Waals surface area contributed by atoms with Crippen LogP contribution in [0.3, 0.4) is 0 Å². The Kier molecular flexibility index (Phi) is 8.67. The summed E-state index contributed by atoms with van der Waals surface area (Å²) in [6.07, 6.45) is 11.5. The number of nitrogens with zero attached hydrogens (tertiary/aromatic N) is 3. The molecule has 0 spiro atoms. The predicted molar refractivity (Wildman–Crippen MR) is 150 cm³/mol. The van der Waals surface area contributed by atoms with E-state index in [0.29, 0.717) is 17.8 Å². The van der Waals surface area contributed by atoms with Crippen LogP contribution in [0, 0.1) is 11.8 Å². The van der Waals surface area contributed by atoms with Gasteiger partial charge >= 0.3 is 0 Å². The number of rotatable bonds is 7. The number of aliphatic hydroxyl groups is 1.